The van der Waals surface area contributed by atoms with Crippen LogP contribution in [0.25, 0.3) is 0 Å². The lowest BCUT2D eigenvalue weighted by Gasteiger charge is -2.26. The Hall–Kier alpha value is -5.91. The largest absolute Gasteiger partial charge is 0.382 e. The van der Waals surface area contributed by atoms with Crippen LogP contribution in [0, 0.1) is 0 Å². The normalized spacial score (nSPS) is 12.1. The summed E-state index contributed by atoms with van der Waals surface area (Å²) in [6.07, 6.45) is 0. The lowest BCUT2D eigenvalue weighted by Crippen LogP contribution is -2.21. The number of para-hydroxylation sites is 2. The molecule has 2 amide bonds. The zero-order valence-electron chi connectivity index (χ0n) is 31.6. The molecule has 6 aromatic carbocycles. The maximum absolute atomic E-state index is 13.1. The van der Waals surface area contributed by atoms with Gasteiger partial charge in [0.15, 0.2) is 5.75 Å². The predicted molar refractivity (Wildman–Crippen MR) is 222 cm³/mol. The Morgan fingerprint density at radius 3 is 1.38 bits per heavy atom. The van der Waals surface area contributed by atoms with Gasteiger partial charge in [0, 0.05) is 16.5 Å². The number of carbonyl (C=O) groups is 1. The van der Waals surface area contributed by atoms with Gasteiger partial charge in [-0.05, 0) is 69.8 Å². The molecule has 0 radical (unpaired) electrons. The van der Waals surface area contributed by atoms with Crippen molar-refractivity contribution in [2.75, 3.05) is 10.6 Å². The van der Waals surface area contributed by atoms with Crippen molar-refractivity contribution in [3.63, 3.8) is 0 Å². The number of carbonyl (C=O) groups excluding carboxylic acids is 1. The topological polar surface area (TPSA) is 128 Å². The molecule has 0 aromatic heterocycles. The molecule has 0 saturated carbocycles. The molecular weight excluding hydrogens is 745 g/mol. The first-order valence-electron chi connectivity index (χ1n) is 18.0. The van der Waals surface area contributed by atoms with Crippen LogP contribution in [0.15, 0.2) is 158 Å². The van der Waals surface area contributed by atoms with Gasteiger partial charge in [-0.1, -0.05) is 149 Å². The van der Waals surface area contributed by atoms with Gasteiger partial charge in [-0.25, -0.2) is 4.79 Å². The summed E-state index contributed by atoms with van der Waals surface area (Å²) in [5.74, 6) is -0.662. The number of amides is 2. The van der Waals surface area contributed by atoms with E-state index in [0.29, 0.717) is 16.8 Å². The lowest BCUT2D eigenvalue weighted by molar-refractivity contribution is 0.262. The first kappa shape index (κ1) is 39.8. The minimum atomic E-state index is -4.10. The Kier molecular flexibility index (Phi) is 11.7. The van der Waals surface area contributed by atoms with Crippen LogP contribution in [0.1, 0.15) is 61.1 Å². The van der Waals surface area contributed by atoms with E-state index in [4.69, 9.17) is 8.37 Å². The highest BCUT2D eigenvalue weighted by Gasteiger charge is 2.25. The van der Waals surface area contributed by atoms with Crippen molar-refractivity contribution in [1.29, 1.82) is 0 Å². The van der Waals surface area contributed by atoms with Crippen molar-refractivity contribution in [3.05, 3.63) is 191 Å². The Morgan fingerprint density at radius 1 is 0.482 bits per heavy atom. The van der Waals surface area contributed by atoms with Gasteiger partial charge < -0.3 is 19.0 Å². The molecule has 0 heterocycles. The van der Waals surface area contributed by atoms with Gasteiger partial charge in [0.1, 0.15) is 17.3 Å². The Balaban J connectivity index is 1.02. The fourth-order valence-corrected chi connectivity index (χ4v) is 8.49. The average Bonchev–Trinajstić information content (AvgIpc) is 3.17. The van der Waals surface area contributed by atoms with Crippen molar-refractivity contribution in [2.45, 2.75) is 50.0 Å². The Morgan fingerprint density at radius 2 is 0.893 bits per heavy atom. The SMILES string of the molecule is CC(C)(c1ccccc1)c1ccc(CS(=O)(=O)Oc2ccc(NC(=O)Nc3ccccc3OS(=O)(=O)Cc3ccc(C(C)(C)c4ccccc4)cc3)cc2)cc1. The maximum Gasteiger partial charge on any atom is 0.323 e. The van der Waals surface area contributed by atoms with Gasteiger partial charge >= 0.3 is 26.3 Å². The second-order valence-electron chi connectivity index (χ2n) is 14.5. The number of urea groups is 1. The molecule has 0 spiro atoms. The van der Waals surface area contributed by atoms with E-state index in [9.17, 15) is 21.6 Å². The Bertz CT molecular complexity index is 2490. The minimum Gasteiger partial charge on any atom is -0.382 e. The van der Waals surface area contributed by atoms with Crippen molar-refractivity contribution in [3.8, 4) is 11.5 Å². The zero-order chi connectivity index (χ0) is 40.0. The third-order valence-corrected chi connectivity index (χ3v) is 12.0. The van der Waals surface area contributed by atoms with Crippen LogP contribution in [0.4, 0.5) is 16.2 Å². The van der Waals surface area contributed by atoms with Crippen molar-refractivity contribution in [1.82, 2.24) is 0 Å². The lowest BCUT2D eigenvalue weighted by atomic mass is 9.78. The average molecular weight is 789 g/mol. The van der Waals surface area contributed by atoms with Gasteiger partial charge in [0.2, 0.25) is 0 Å². The first-order chi connectivity index (χ1) is 26.6. The highest BCUT2D eigenvalue weighted by Crippen LogP contribution is 2.33. The molecular formula is C45H44N2O7S2. The number of hydrogen-bond donors (Lipinski definition) is 2. The summed E-state index contributed by atoms with van der Waals surface area (Å²) >= 11 is 0. The van der Waals surface area contributed by atoms with E-state index < -0.39 is 26.3 Å². The van der Waals surface area contributed by atoms with E-state index >= 15 is 0 Å². The van der Waals surface area contributed by atoms with Gasteiger partial charge in [-0.3, -0.25) is 0 Å². The van der Waals surface area contributed by atoms with E-state index in [0.717, 1.165) is 22.3 Å². The molecule has 0 aliphatic carbocycles. The zero-order valence-corrected chi connectivity index (χ0v) is 33.2. The summed E-state index contributed by atoms with van der Waals surface area (Å²) in [6.45, 7) is 8.47. The standard InChI is InChI=1S/C45H44N2O7S2/c1-44(2,35-13-7-5-8-14-35)37-23-19-33(20-24-37)31-55(49,50)53-40-29-27-39(28-30-40)46-43(48)47-41-17-11-12-18-42(41)54-56(51,52)32-34-21-25-38(26-22-34)45(3,4)36-15-9-6-10-16-36/h5-30H,31-32H2,1-4H3,(H2,46,47,48). The minimum absolute atomic E-state index is 0.0482. The van der Waals surface area contributed by atoms with Crippen LogP contribution in [0.3, 0.4) is 0 Å². The number of benzene rings is 6. The molecule has 0 bridgehead atoms. The predicted octanol–water partition coefficient (Wildman–Crippen LogP) is 9.80. The first-order valence-corrected chi connectivity index (χ1v) is 21.2. The van der Waals surface area contributed by atoms with Crippen LogP contribution < -0.4 is 19.0 Å². The summed E-state index contributed by atoms with van der Waals surface area (Å²) in [5, 5.41) is 5.27. The highest BCUT2D eigenvalue weighted by molar-refractivity contribution is 7.86. The molecule has 0 atom stereocenters. The molecule has 11 heteroatoms. The number of rotatable bonds is 14. The summed E-state index contributed by atoms with van der Waals surface area (Å²) in [5.41, 5.74) is 5.48. The van der Waals surface area contributed by atoms with Gasteiger partial charge in [-0.2, -0.15) is 16.8 Å². The maximum atomic E-state index is 13.1. The van der Waals surface area contributed by atoms with E-state index in [1.807, 2.05) is 60.7 Å². The van der Waals surface area contributed by atoms with Crippen LogP contribution >= 0.6 is 0 Å². The van der Waals surface area contributed by atoms with E-state index in [1.54, 1.807) is 36.4 Å². The third kappa shape index (κ3) is 10.0. The molecule has 0 unspecified atom stereocenters. The van der Waals surface area contributed by atoms with Crippen LogP contribution in [-0.2, 0) is 42.6 Å². The molecule has 56 heavy (non-hydrogen) atoms. The molecule has 9 nitrogen and oxygen atoms in total. The van der Waals surface area contributed by atoms with Gasteiger partial charge in [-0.15, -0.1) is 0 Å². The van der Waals surface area contributed by atoms with Crippen LogP contribution in [-0.4, -0.2) is 22.9 Å². The second-order valence-corrected chi connectivity index (χ2v) is 17.7. The van der Waals surface area contributed by atoms with Crippen molar-refractivity contribution >= 4 is 37.6 Å². The highest BCUT2D eigenvalue weighted by atomic mass is 32.2. The number of hydrogen-bond acceptors (Lipinski definition) is 7. The third-order valence-electron chi connectivity index (χ3n) is 9.72. The van der Waals surface area contributed by atoms with Crippen LogP contribution in [0.2, 0.25) is 0 Å². The number of nitrogens with one attached hydrogen (secondary N) is 2. The summed E-state index contributed by atoms with van der Waals surface area (Å²) < 4.78 is 62.9. The fourth-order valence-electron chi connectivity index (χ4n) is 6.35. The summed E-state index contributed by atoms with van der Waals surface area (Å²) in [6, 6.07) is 46.4. The molecule has 0 aliphatic heterocycles. The monoisotopic (exact) mass is 788 g/mol. The second kappa shape index (κ2) is 16.4. The molecule has 6 rings (SSSR count). The molecule has 6 aromatic rings. The van der Waals surface area contributed by atoms with Crippen molar-refractivity contribution in [2.24, 2.45) is 0 Å². The molecule has 288 valence electrons. The Labute approximate surface area is 329 Å². The van der Waals surface area contributed by atoms with Gasteiger partial charge in [0.25, 0.3) is 0 Å². The number of anilines is 2. The van der Waals surface area contributed by atoms with E-state index in [-0.39, 0.29) is 39.5 Å². The van der Waals surface area contributed by atoms with E-state index in [2.05, 4.69) is 62.6 Å². The molecule has 0 saturated heterocycles. The van der Waals surface area contributed by atoms with Crippen LogP contribution in [0.5, 0.6) is 11.5 Å². The molecule has 0 aliphatic rings. The fraction of sp³-hybridized carbons (Fsp3) is 0.178. The molecule has 0 fully saturated rings. The van der Waals surface area contributed by atoms with E-state index in [1.165, 1.54) is 36.4 Å². The quantitative estimate of drug-likeness (QED) is 0.105. The van der Waals surface area contributed by atoms with Gasteiger partial charge in [0.05, 0.1) is 5.69 Å². The molecule has 2 N–H and O–H groups in total. The summed E-state index contributed by atoms with van der Waals surface area (Å²) in [7, 11) is -8.08. The summed E-state index contributed by atoms with van der Waals surface area (Å²) in [4.78, 5) is 12.9. The van der Waals surface area contributed by atoms with Crippen molar-refractivity contribution < 1.29 is 30.0 Å². The smallest absolute Gasteiger partial charge is 0.323 e.